The Kier molecular flexibility index (Phi) is 4.70. The van der Waals surface area contributed by atoms with Gasteiger partial charge >= 0.3 is 0 Å². The average Bonchev–Trinajstić information content (AvgIpc) is 2.96. The van der Waals surface area contributed by atoms with Crippen LogP contribution in [0.4, 0.5) is 0 Å². The van der Waals surface area contributed by atoms with Gasteiger partial charge in [0.05, 0.1) is 31.5 Å². The third-order valence-electron chi connectivity index (χ3n) is 4.77. The number of ether oxygens (including phenoxy) is 3. The normalized spacial score (nSPS) is 55.4. The Labute approximate surface area is 126 Å². The molecule has 3 heterocycles. The van der Waals surface area contributed by atoms with Crippen LogP contribution in [-0.4, -0.2) is 99.0 Å². The summed E-state index contributed by atoms with van der Waals surface area (Å²) in [6, 6.07) is 0. The van der Waals surface area contributed by atoms with Crippen LogP contribution in [0, 0.1) is 5.92 Å². The molecule has 9 nitrogen and oxygen atoms in total. The lowest BCUT2D eigenvalue weighted by atomic mass is 9.82. The summed E-state index contributed by atoms with van der Waals surface area (Å²) in [5.74, 6) is -0.560. The van der Waals surface area contributed by atoms with Crippen molar-refractivity contribution in [1.29, 1.82) is 0 Å². The Hall–Kier alpha value is -0.360. The van der Waals surface area contributed by atoms with E-state index >= 15 is 0 Å². The quantitative estimate of drug-likeness (QED) is 0.309. The Bertz CT molecular complexity index is 392. The topological polar surface area (TPSA) is 149 Å². The molecule has 3 aliphatic heterocycles. The van der Waals surface area contributed by atoms with Gasteiger partial charge in [-0.15, -0.1) is 0 Å². The molecule has 6 N–H and O–H groups in total. The minimum atomic E-state index is -1.46. The second-order valence-electron chi connectivity index (χ2n) is 6.12. The van der Waals surface area contributed by atoms with Crippen molar-refractivity contribution in [1.82, 2.24) is 0 Å². The molecule has 22 heavy (non-hydrogen) atoms. The summed E-state index contributed by atoms with van der Waals surface area (Å²) in [6.07, 6.45) is -9.70. The second kappa shape index (κ2) is 6.27. The Morgan fingerprint density at radius 1 is 0.773 bits per heavy atom. The van der Waals surface area contributed by atoms with Crippen LogP contribution in [0.25, 0.3) is 0 Å². The minimum Gasteiger partial charge on any atom is -0.394 e. The van der Waals surface area contributed by atoms with Gasteiger partial charge in [0.25, 0.3) is 0 Å². The summed E-state index contributed by atoms with van der Waals surface area (Å²) in [5, 5.41) is 58.8. The van der Waals surface area contributed by atoms with E-state index in [-0.39, 0.29) is 13.0 Å². The number of hydrogen-bond donors (Lipinski definition) is 6. The van der Waals surface area contributed by atoms with E-state index in [1.54, 1.807) is 0 Å². The van der Waals surface area contributed by atoms with E-state index < -0.39 is 67.6 Å². The smallest absolute Gasteiger partial charge is 0.186 e. The van der Waals surface area contributed by atoms with Gasteiger partial charge in [0.2, 0.25) is 0 Å². The summed E-state index contributed by atoms with van der Waals surface area (Å²) in [4.78, 5) is 0. The largest absolute Gasteiger partial charge is 0.394 e. The lowest BCUT2D eigenvalue weighted by Crippen LogP contribution is -2.60. The molecule has 0 unspecified atom stereocenters. The fourth-order valence-corrected chi connectivity index (χ4v) is 3.41. The molecule has 2 bridgehead atoms. The van der Waals surface area contributed by atoms with Crippen LogP contribution < -0.4 is 0 Å². The molecule has 128 valence electrons. The van der Waals surface area contributed by atoms with Gasteiger partial charge in [0, 0.05) is 5.92 Å². The van der Waals surface area contributed by atoms with Crippen molar-refractivity contribution < 1.29 is 44.8 Å². The third kappa shape index (κ3) is 2.66. The third-order valence-corrected chi connectivity index (χ3v) is 4.77. The first kappa shape index (κ1) is 16.5. The molecule has 0 radical (unpaired) electrons. The van der Waals surface area contributed by atoms with E-state index in [0.717, 1.165) is 0 Å². The molecule has 0 aromatic heterocycles. The summed E-state index contributed by atoms with van der Waals surface area (Å²) in [7, 11) is 0. The number of aliphatic hydroxyl groups excluding tert-OH is 6. The van der Waals surface area contributed by atoms with Crippen LogP contribution in [0.1, 0.15) is 6.42 Å². The summed E-state index contributed by atoms with van der Waals surface area (Å²) < 4.78 is 16.1. The molecule has 0 aromatic carbocycles. The van der Waals surface area contributed by atoms with Crippen molar-refractivity contribution in [2.24, 2.45) is 5.92 Å². The molecule has 3 rings (SSSR count). The number of aliphatic hydroxyl groups is 6. The van der Waals surface area contributed by atoms with Gasteiger partial charge in [0.1, 0.15) is 30.5 Å². The number of fused-ring (bicyclic) bond motifs is 2. The van der Waals surface area contributed by atoms with Crippen molar-refractivity contribution in [2.45, 2.75) is 61.5 Å². The van der Waals surface area contributed by atoms with E-state index in [9.17, 15) is 30.6 Å². The van der Waals surface area contributed by atoms with E-state index in [1.807, 2.05) is 0 Å². The zero-order valence-corrected chi connectivity index (χ0v) is 11.8. The van der Waals surface area contributed by atoms with Crippen molar-refractivity contribution in [2.75, 3.05) is 13.2 Å². The van der Waals surface area contributed by atoms with Gasteiger partial charge < -0.3 is 44.8 Å². The van der Waals surface area contributed by atoms with Gasteiger partial charge in [-0.05, 0) is 6.42 Å². The average molecular weight is 322 g/mol. The molecule has 0 aliphatic carbocycles. The lowest BCUT2D eigenvalue weighted by Gasteiger charge is -2.43. The number of hydrogen-bond acceptors (Lipinski definition) is 9. The number of rotatable bonds is 3. The lowest BCUT2D eigenvalue weighted by molar-refractivity contribution is -0.249. The maximum atomic E-state index is 10.2. The van der Waals surface area contributed by atoms with Gasteiger partial charge in [-0.25, -0.2) is 0 Å². The molecule has 9 heteroatoms. The fraction of sp³-hybridized carbons (Fsp3) is 1.00. The minimum absolute atomic E-state index is 0.0838. The van der Waals surface area contributed by atoms with Crippen molar-refractivity contribution in [3.05, 3.63) is 0 Å². The monoisotopic (exact) mass is 322 g/mol. The maximum absolute atomic E-state index is 10.2. The first-order chi connectivity index (χ1) is 10.4. The molecular weight excluding hydrogens is 300 g/mol. The maximum Gasteiger partial charge on any atom is 0.186 e. The van der Waals surface area contributed by atoms with Gasteiger partial charge in [-0.3, -0.25) is 0 Å². The van der Waals surface area contributed by atoms with E-state index in [4.69, 9.17) is 14.2 Å². The van der Waals surface area contributed by atoms with Crippen LogP contribution in [-0.2, 0) is 14.2 Å². The SMILES string of the molecule is OC[C@H]1O[C@H](C[C@H]2[C@H](O)[C@@H](O)[C@@H]3OC[C@H]2O3)[C@H](O)[C@@H](O)[C@@H]1O. The second-order valence-corrected chi connectivity index (χ2v) is 6.12. The van der Waals surface area contributed by atoms with Gasteiger partial charge in [-0.2, -0.15) is 0 Å². The summed E-state index contributed by atoms with van der Waals surface area (Å²) in [6.45, 7) is -0.302. The summed E-state index contributed by atoms with van der Waals surface area (Å²) in [5.41, 5.74) is 0. The molecule has 3 aliphatic rings. The van der Waals surface area contributed by atoms with Crippen LogP contribution in [0.15, 0.2) is 0 Å². The standard InChI is InChI=1S/C13H22O9/c14-2-6-10(17)11(18)9(16)5(21-6)1-4-7-3-20-13(22-7)12(19)8(4)15/h4-19H,1-3H2/t4-,5-,6-,7-,8+,9+,10-,11-,12-,13-/m1/s1. The molecule has 3 fully saturated rings. The van der Waals surface area contributed by atoms with Crippen molar-refractivity contribution in [3.63, 3.8) is 0 Å². The molecule has 0 spiro atoms. The van der Waals surface area contributed by atoms with Crippen LogP contribution >= 0.6 is 0 Å². The van der Waals surface area contributed by atoms with Crippen LogP contribution in [0.2, 0.25) is 0 Å². The van der Waals surface area contributed by atoms with Crippen molar-refractivity contribution >= 4 is 0 Å². The summed E-state index contributed by atoms with van der Waals surface area (Å²) >= 11 is 0. The highest BCUT2D eigenvalue weighted by Gasteiger charge is 2.52. The predicted octanol–water partition coefficient (Wildman–Crippen LogP) is -3.69. The van der Waals surface area contributed by atoms with Crippen molar-refractivity contribution in [3.8, 4) is 0 Å². The molecule has 0 amide bonds. The first-order valence-corrected chi connectivity index (χ1v) is 7.37. The highest BCUT2D eigenvalue weighted by Crippen LogP contribution is 2.37. The zero-order chi connectivity index (χ0) is 16.0. The van der Waals surface area contributed by atoms with E-state index in [0.29, 0.717) is 0 Å². The van der Waals surface area contributed by atoms with E-state index in [1.165, 1.54) is 0 Å². The Morgan fingerprint density at radius 2 is 1.45 bits per heavy atom. The molecule has 0 saturated carbocycles. The molecule has 3 saturated heterocycles. The molecule has 10 atom stereocenters. The Balaban J connectivity index is 1.71. The highest BCUT2D eigenvalue weighted by atomic mass is 16.7. The Morgan fingerprint density at radius 3 is 2.14 bits per heavy atom. The van der Waals surface area contributed by atoms with Gasteiger partial charge in [-0.1, -0.05) is 0 Å². The van der Waals surface area contributed by atoms with Crippen LogP contribution in [0.5, 0.6) is 0 Å². The first-order valence-electron chi connectivity index (χ1n) is 7.37. The predicted molar refractivity (Wildman–Crippen MR) is 68.5 cm³/mol. The zero-order valence-electron chi connectivity index (χ0n) is 11.8. The van der Waals surface area contributed by atoms with Gasteiger partial charge in [0.15, 0.2) is 6.29 Å². The molecule has 0 aromatic rings. The molecular formula is C13H22O9. The highest BCUT2D eigenvalue weighted by molar-refractivity contribution is 4.98. The van der Waals surface area contributed by atoms with E-state index in [2.05, 4.69) is 0 Å². The van der Waals surface area contributed by atoms with Crippen LogP contribution in [0.3, 0.4) is 0 Å². The fourth-order valence-electron chi connectivity index (χ4n) is 3.41.